The second kappa shape index (κ2) is 4.30. The van der Waals surface area contributed by atoms with E-state index in [1.807, 2.05) is 31.6 Å². The van der Waals surface area contributed by atoms with Crippen LogP contribution < -0.4 is 11.2 Å². The van der Waals surface area contributed by atoms with E-state index >= 15 is 0 Å². The largest absolute Gasteiger partial charge is 0.330 e. The molecule has 0 spiro atoms. The van der Waals surface area contributed by atoms with Gasteiger partial charge in [0.2, 0.25) is 0 Å². The Labute approximate surface area is 90.2 Å². The van der Waals surface area contributed by atoms with Crippen LogP contribution in [0.15, 0.2) is 12.5 Å². The number of rotatable bonds is 5. The number of nitrogens with one attached hydrogen (secondary N) is 1. The van der Waals surface area contributed by atoms with Crippen molar-refractivity contribution in [3.8, 4) is 0 Å². The Bertz CT molecular complexity index is 315. The lowest BCUT2D eigenvalue weighted by Crippen LogP contribution is -2.38. The summed E-state index contributed by atoms with van der Waals surface area (Å²) in [5.41, 5.74) is 10.3. The third-order valence-corrected chi connectivity index (χ3v) is 2.64. The summed E-state index contributed by atoms with van der Waals surface area (Å²) >= 11 is 0. The van der Waals surface area contributed by atoms with Gasteiger partial charge in [-0.25, -0.2) is 15.4 Å². The first-order chi connectivity index (χ1) is 7.22. The first-order valence-corrected chi connectivity index (χ1v) is 5.37. The average molecular weight is 209 g/mol. The van der Waals surface area contributed by atoms with Crippen LogP contribution in [0.4, 0.5) is 0 Å². The monoisotopic (exact) mass is 209 g/mol. The van der Waals surface area contributed by atoms with Crippen molar-refractivity contribution < 1.29 is 0 Å². The van der Waals surface area contributed by atoms with Gasteiger partial charge in [-0.15, -0.1) is 0 Å². The van der Waals surface area contributed by atoms with Crippen molar-refractivity contribution in [2.45, 2.75) is 24.9 Å². The molecule has 1 aromatic rings. The Kier molecular flexibility index (Phi) is 3.04. The van der Waals surface area contributed by atoms with Crippen molar-refractivity contribution in [3.05, 3.63) is 18.2 Å². The van der Waals surface area contributed by atoms with E-state index < -0.39 is 0 Å². The van der Waals surface area contributed by atoms with E-state index in [9.17, 15) is 0 Å². The van der Waals surface area contributed by atoms with Gasteiger partial charge in [-0.3, -0.25) is 0 Å². The maximum absolute atomic E-state index is 5.77. The molecule has 84 valence electrons. The summed E-state index contributed by atoms with van der Waals surface area (Å²) in [5, 5.41) is 1.93. The quantitative estimate of drug-likeness (QED) is 0.684. The van der Waals surface area contributed by atoms with Crippen LogP contribution in [0.2, 0.25) is 0 Å². The summed E-state index contributed by atoms with van der Waals surface area (Å²) in [6.45, 7) is 0.580. The van der Waals surface area contributed by atoms with E-state index in [2.05, 4.69) is 15.0 Å². The lowest BCUT2D eigenvalue weighted by Gasteiger charge is -2.22. The summed E-state index contributed by atoms with van der Waals surface area (Å²) in [4.78, 5) is 4.21. The van der Waals surface area contributed by atoms with Crippen molar-refractivity contribution >= 4 is 0 Å². The molecular formula is C10H19N5. The SMILES string of the molecule is CN(C)NC(CN)c1cncn1C1CC1. The minimum absolute atomic E-state index is 0.156. The van der Waals surface area contributed by atoms with Crippen LogP contribution in [0.25, 0.3) is 0 Å². The highest BCUT2D eigenvalue weighted by Gasteiger charge is 2.27. The van der Waals surface area contributed by atoms with E-state index in [4.69, 9.17) is 5.73 Å². The van der Waals surface area contributed by atoms with Crippen LogP contribution >= 0.6 is 0 Å². The first-order valence-electron chi connectivity index (χ1n) is 5.37. The van der Waals surface area contributed by atoms with Crippen LogP contribution in [-0.2, 0) is 0 Å². The summed E-state index contributed by atoms with van der Waals surface area (Å²) in [7, 11) is 3.95. The van der Waals surface area contributed by atoms with Gasteiger partial charge >= 0.3 is 0 Å². The van der Waals surface area contributed by atoms with Crippen LogP contribution in [0.1, 0.15) is 30.6 Å². The van der Waals surface area contributed by atoms with E-state index in [1.54, 1.807) is 0 Å². The van der Waals surface area contributed by atoms with Gasteiger partial charge < -0.3 is 10.3 Å². The zero-order valence-electron chi connectivity index (χ0n) is 9.35. The Morgan fingerprint density at radius 3 is 2.93 bits per heavy atom. The standard InChI is InChI=1S/C10H19N5/c1-14(2)13-9(5-11)10-6-12-7-15(10)8-3-4-8/h6-9,13H,3-5,11H2,1-2H3. The zero-order valence-corrected chi connectivity index (χ0v) is 9.35. The van der Waals surface area contributed by atoms with Gasteiger partial charge in [0.25, 0.3) is 0 Å². The highest BCUT2D eigenvalue weighted by molar-refractivity contribution is 5.09. The number of imidazole rings is 1. The van der Waals surface area contributed by atoms with Crippen molar-refractivity contribution in [1.82, 2.24) is 20.0 Å². The third-order valence-electron chi connectivity index (χ3n) is 2.64. The number of nitrogens with zero attached hydrogens (tertiary/aromatic N) is 3. The fourth-order valence-electron chi connectivity index (χ4n) is 1.79. The minimum Gasteiger partial charge on any atom is -0.330 e. The molecule has 1 atom stereocenters. The minimum atomic E-state index is 0.156. The molecule has 1 aromatic heterocycles. The topological polar surface area (TPSA) is 59.1 Å². The van der Waals surface area contributed by atoms with Crippen LogP contribution in [0.3, 0.4) is 0 Å². The van der Waals surface area contributed by atoms with Gasteiger partial charge in [-0.05, 0) is 12.8 Å². The van der Waals surface area contributed by atoms with Gasteiger partial charge in [0, 0.05) is 32.9 Å². The highest BCUT2D eigenvalue weighted by atomic mass is 15.5. The van der Waals surface area contributed by atoms with Gasteiger partial charge in [0.1, 0.15) is 0 Å². The van der Waals surface area contributed by atoms with E-state index in [0.29, 0.717) is 12.6 Å². The molecule has 1 saturated carbocycles. The van der Waals surface area contributed by atoms with Gasteiger partial charge in [0.05, 0.1) is 18.1 Å². The molecule has 0 amide bonds. The normalized spacial score (nSPS) is 18.4. The van der Waals surface area contributed by atoms with Gasteiger partial charge in [0.15, 0.2) is 0 Å². The maximum atomic E-state index is 5.77. The molecule has 0 radical (unpaired) electrons. The van der Waals surface area contributed by atoms with E-state index in [0.717, 1.165) is 0 Å². The highest BCUT2D eigenvalue weighted by Crippen LogP contribution is 2.36. The van der Waals surface area contributed by atoms with Crippen molar-refractivity contribution in [1.29, 1.82) is 0 Å². The molecule has 0 aromatic carbocycles. The second-order valence-electron chi connectivity index (χ2n) is 4.27. The molecule has 15 heavy (non-hydrogen) atoms. The molecule has 1 aliphatic rings. The number of hydrogen-bond donors (Lipinski definition) is 2. The molecule has 1 unspecified atom stereocenters. The predicted octanol–water partition coefficient (Wildman–Crippen LogP) is 0.284. The Morgan fingerprint density at radius 1 is 1.67 bits per heavy atom. The second-order valence-corrected chi connectivity index (χ2v) is 4.27. The van der Waals surface area contributed by atoms with Crippen molar-refractivity contribution in [2.75, 3.05) is 20.6 Å². The molecule has 0 bridgehead atoms. The van der Waals surface area contributed by atoms with Crippen LogP contribution in [0.5, 0.6) is 0 Å². The Hall–Kier alpha value is -0.910. The molecule has 5 heteroatoms. The zero-order chi connectivity index (χ0) is 10.8. The third kappa shape index (κ3) is 2.37. The fourth-order valence-corrected chi connectivity index (χ4v) is 1.79. The lowest BCUT2D eigenvalue weighted by molar-refractivity contribution is 0.240. The van der Waals surface area contributed by atoms with E-state index in [-0.39, 0.29) is 6.04 Å². The molecule has 3 N–H and O–H groups in total. The summed E-state index contributed by atoms with van der Waals surface area (Å²) in [6, 6.07) is 0.809. The summed E-state index contributed by atoms with van der Waals surface area (Å²) in [5.74, 6) is 0. The van der Waals surface area contributed by atoms with Crippen LogP contribution in [-0.4, -0.2) is 35.2 Å². The molecule has 1 heterocycles. The summed E-state index contributed by atoms with van der Waals surface area (Å²) < 4.78 is 2.24. The number of hydrazine groups is 1. The molecule has 1 fully saturated rings. The maximum Gasteiger partial charge on any atom is 0.0951 e. The van der Waals surface area contributed by atoms with Gasteiger partial charge in [-0.2, -0.15) is 0 Å². The number of nitrogens with two attached hydrogens (primary N) is 1. The van der Waals surface area contributed by atoms with E-state index in [1.165, 1.54) is 18.5 Å². The average Bonchev–Trinajstić information content (AvgIpc) is 2.93. The molecule has 0 saturated heterocycles. The first kappa shape index (κ1) is 10.6. The number of aromatic nitrogens is 2. The molecule has 1 aliphatic carbocycles. The molecule has 0 aliphatic heterocycles. The summed E-state index contributed by atoms with van der Waals surface area (Å²) in [6.07, 6.45) is 6.35. The number of hydrogen-bond acceptors (Lipinski definition) is 4. The Balaban J connectivity index is 2.13. The van der Waals surface area contributed by atoms with Gasteiger partial charge in [-0.1, -0.05) is 0 Å². The lowest BCUT2D eigenvalue weighted by atomic mass is 10.2. The fraction of sp³-hybridized carbons (Fsp3) is 0.700. The molecule has 5 nitrogen and oxygen atoms in total. The predicted molar refractivity (Wildman–Crippen MR) is 59.1 cm³/mol. The molecular weight excluding hydrogens is 190 g/mol. The van der Waals surface area contributed by atoms with Crippen molar-refractivity contribution in [2.24, 2.45) is 5.73 Å². The smallest absolute Gasteiger partial charge is 0.0951 e. The van der Waals surface area contributed by atoms with Crippen molar-refractivity contribution in [3.63, 3.8) is 0 Å². The molecule has 2 rings (SSSR count). The Morgan fingerprint density at radius 2 is 2.40 bits per heavy atom. The van der Waals surface area contributed by atoms with Crippen LogP contribution in [0, 0.1) is 0 Å².